The summed E-state index contributed by atoms with van der Waals surface area (Å²) >= 11 is 12.0. The Morgan fingerprint density at radius 2 is 2.25 bits per heavy atom. The number of amides is 1. The normalized spacial score (nSPS) is 14.9. The quantitative estimate of drug-likeness (QED) is 0.653. The molecule has 10 heteroatoms. The first kappa shape index (κ1) is 20.6. The number of fused-ring (bicyclic) bond motifs is 1. The fourth-order valence-electron chi connectivity index (χ4n) is 2.67. The minimum atomic E-state index is -0.573. The molecule has 0 spiro atoms. The third-order valence-corrected chi connectivity index (χ3v) is 4.80. The first-order valence-electron chi connectivity index (χ1n) is 8.81. The van der Waals surface area contributed by atoms with Gasteiger partial charge in [0, 0.05) is 35.4 Å². The minimum Gasteiger partial charge on any atom is -0.394 e. The average Bonchev–Trinajstić information content (AvgIpc) is 2.67. The van der Waals surface area contributed by atoms with Gasteiger partial charge in [-0.15, -0.1) is 5.06 Å². The first-order valence-corrected chi connectivity index (χ1v) is 9.57. The number of rotatable bonds is 6. The zero-order chi connectivity index (χ0) is 20.1. The molecule has 0 saturated carbocycles. The number of nitrogens with zero attached hydrogens (tertiary/aromatic N) is 3. The molecule has 1 amide bonds. The second-order valence-corrected chi connectivity index (χ2v) is 7.32. The molecule has 1 aliphatic rings. The summed E-state index contributed by atoms with van der Waals surface area (Å²) in [6.07, 6.45) is 1.85. The van der Waals surface area contributed by atoms with Crippen LogP contribution in [0.4, 0.5) is 10.7 Å². The molecule has 0 bridgehead atoms. The Kier molecular flexibility index (Phi) is 6.90. The van der Waals surface area contributed by atoms with Crippen LogP contribution in [0.25, 0.3) is 0 Å². The lowest BCUT2D eigenvalue weighted by atomic mass is 10.1. The van der Waals surface area contributed by atoms with E-state index in [9.17, 15) is 4.79 Å². The number of aliphatic hydroxyl groups is 1. The molecular weight excluding hydrogens is 405 g/mol. The van der Waals surface area contributed by atoms with Crippen molar-refractivity contribution in [2.24, 2.45) is 0 Å². The van der Waals surface area contributed by atoms with Gasteiger partial charge in [0.05, 0.1) is 18.8 Å². The van der Waals surface area contributed by atoms with Crippen LogP contribution >= 0.6 is 23.2 Å². The zero-order valence-corrected chi connectivity index (χ0v) is 16.8. The van der Waals surface area contributed by atoms with Crippen LogP contribution in [-0.2, 0) is 24.3 Å². The standard InChI is InChI=1S/C18H21Cl2N5O3/c1-11(10-26)23-17-21-8-13-4-5-25(9-16(13)24-17)28-18(27)22-7-12-2-3-14(19)6-15(12)20/h2-3,6,8,11,26H,4-5,7,9-10H2,1H3,(H,22,27)(H,21,23,24)/t11-/m0/s1. The number of hydroxylamine groups is 2. The molecule has 1 atom stereocenters. The van der Waals surface area contributed by atoms with Gasteiger partial charge in [-0.2, -0.15) is 0 Å². The second-order valence-electron chi connectivity index (χ2n) is 6.48. The second kappa shape index (κ2) is 9.38. The van der Waals surface area contributed by atoms with E-state index in [4.69, 9.17) is 33.1 Å². The van der Waals surface area contributed by atoms with Crippen LogP contribution in [0, 0.1) is 0 Å². The molecule has 0 radical (unpaired) electrons. The highest BCUT2D eigenvalue weighted by atomic mass is 35.5. The summed E-state index contributed by atoms with van der Waals surface area (Å²) in [7, 11) is 0. The topological polar surface area (TPSA) is 99.6 Å². The van der Waals surface area contributed by atoms with Crippen molar-refractivity contribution in [2.45, 2.75) is 32.5 Å². The number of anilines is 1. The predicted octanol–water partition coefficient (Wildman–Crippen LogP) is 2.78. The van der Waals surface area contributed by atoms with E-state index in [1.165, 1.54) is 0 Å². The van der Waals surface area contributed by atoms with Crippen LogP contribution in [0.2, 0.25) is 10.0 Å². The summed E-state index contributed by atoms with van der Waals surface area (Å²) in [5.74, 6) is 0.434. The molecule has 0 saturated heterocycles. The lowest BCUT2D eigenvalue weighted by Crippen LogP contribution is -2.37. The molecule has 1 aliphatic heterocycles. The Bertz CT molecular complexity index is 852. The Morgan fingerprint density at radius 3 is 3.00 bits per heavy atom. The van der Waals surface area contributed by atoms with E-state index < -0.39 is 6.09 Å². The minimum absolute atomic E-state index is 0.0203. The number of halogens is 2. The van der Waals surface area contributed by atoms with Crippen LogP contribution in [0.15, 0.2) is 24.4 Å². The van der Waals surface area contributed by atoms with Crippen molar-refractivity contribution < 1.29 is 14.7 Å². The Labute approximate surface area is 172 Å². The van der Waals surface area contributed by atoms with Crippen LogP contribution in [-0.4, -0.2) is 45.4 Å². The summed E-state index contributed by atoms with van der Waals surface area (Å²) < 4.78 is 0. The number of hydrogen-bond acceptors (Lipinski definition) is 7. The van der Waals surface area contributed by atoms with Gasteiger partial charge in [0.1, 0.15) is 0 Å². The van der Waals surface area contributed by atoms with E-state index >= 15 is 0 Å². The highest BCUT2D eigenvalue weighted by Gasteiger charge is 2.22. The number of aliphatic hydroxyl groups excluding tert-OH is 1. The Balaban J connectivity index is 1.54. The third-order valence-electron chi connectivity index (χ3n) is 4.21. The smallest absolute Gasteiger partial charge is 0.394 e. The number of carbonyl (C=O) groups excluding carboxylic acids is 1. The van der Waals surface area contributed by atoms with Gasteiger partial charge in [0.15, 0.2) is 0 Å². The highest BCUT2D eigenvalue weighted by Crippen LogP contribution is 2.21. The molecule has 1 aromatic carbocycles. The van der Waals surface area contributed by atoms with Gasteiger partial charge in [-0.3, -0.25) is 0 Å². The number of aromatic nitrogens is 2. The van der Waals surface area contributed by atoms with Crippen molar-refractivity contribution in [3.63, 3.8) is 0 Å². The summed E-state index contributed by atoms with van der Waals surface area (Å²) in [5.41, 5.74) is 2.53. The van der Waals surface area contributed by atoms with Crippen molar-refractivity contribution >= 4 is 35.2 Å². The summed E-state index contributed by atoms with van der Waals surface area (Å²) in [6.45, 7) is 2.94. The van der Waals surface area contributed by atoms with Gasteiger partial charge < -0.3 is 20.6 Å². The van der Waals surface area contributed by atoms with Crippen LogP contribution in [0.5, 0.6) is 0 Å². The zero-order valence-electron chi connectivity index (χ0n) is 15.3. The Hall–Kier alpha value is -2.13. The number of benzene rings is 1. The van der Waals surface area contributed by atoms with Crippen molar-refractivity contribution in [1.82, 2.24) is 20.3 Å². The van der Waals surface area contributed by atoms with Gasteiger partial charge in [-0.1, -0.05) is 29.3 Å². The van der Waals surface area contributed by atoms with E-state index in [1.54, 1.807) is 29.5 Å². The molecule has 3 N–H and O–H groups in total. The molecule has 0 aliphatic carbocycles. The van der Waals surface area contributed by atoms with Gasteiger partial charge in [-0.05, 0) is 36.6 Å². The molecule has 1 aromatic heterocycles. The summed E-state index contributed by atoms with van der Waals surface area (Å²) in [6, 6.07) is 4.93. The summed E-state index contributed by atoms with van der Waals surface area (Å²) in [4.78, 5) is 26.2. The molecule has 2 aromatic rings. The Morgan fingerprint density at radius 1 is 1.43 bits per heavy atom. The van der Waals surface area contributed by atoms with Gasteiger partial charge in [0.2, 0.25) is 5.95 Å². The van der Waals surface area contributed by atoms with Crippen molar-refractivity contribution in [3.05, 3.63) is 51.3 Å². The largest absolute Gasteiger partial charge is 0.426 e. The van der Waals surface area contributed by atoms with Gasteiger partial charge >= 0.3 is 6.09 Å². The van der Waals surface area contributed by atoms with E-state index in [0.717, 1.165) is 16.8 Å². The van der Waals surface area contributed by atoms with Gasteiger partial charge in [0.25, 0.3) is 0 Å². The fraction of sp³-hybridized carbons (Fsp3) is 0.389. The van der Waals surface area contributed by atoms with Crippen molar-refractivity contribution in [1.29, 1.82) is 0 Å². The van der Waals surface area contributed by atoms with Crippen LogP contribution < -0.4 is 10.6 Å². The molecule has 0 fully saturated rings. The maximum atomic E-state index is 12.1. The predicted molar refractivity (Wildman–Crippen MR) is 106 cm³/mol. The molecule has 28 heavy (non-hydrogen) atoms. The molecular formula is C18H21Cl2N5O3. The maximum absolute atomic E-state index is 12.1. The first-order chi connectivity index (χ1) is 13.4. The van der Waals surface area contributed by atoms with Crippen LogP contribution in [0.3, 0.4) is 0 Å². The van der Waals surface area contributed by atoms with E-state index in [1.807, 2.05) is 6.92 Å². The SMILES string of the molecule is C[C@@H](CO)Nc1ncc2c(n1)CN(OC(=O)NCc1ccc(Cl)cc1Cl)CC2. The molecule has 150 valence electrons. The average molecular weight is 426 g/mol. The van der Waals surface area contributed by atoms with E-state index in [0.29, 0.717) is 35.5 Å². The number of hydrogen-bond donors (Lipinski definition) is 3. The molecule has 8 nitrogen and oxygen atoms in total. The molecule has 2 heterocycles. The van der Waals surface area contributed by atoms with Crippen molar-refractivity contribution in [2.75, 3.05) is 18.5 Å². The molecule has 3 rings (SSSR count). The highest BCUT2D eigenvalue weighted by molar-refractivity contribution is 6.35. The van der Waals surface area contributed by atoms with Crippen molar-refractivity contribution in [3.8, 4) is 0 Å². The fourth-order valence-corrected chi connectivity index (χ4v) is 3.15. The summed E-state index contributed by atoms with van der Waals surface area (Å²) in [5, 5.41) is 17.4. The molecule has 0 unspecified atom stereocenters. The van der Waals surface area contributed by atoms with E-state index in [2.05, 4.69) is 20.6 Å². The monoisotopic (exact) mass is 425 g/mol. The maximum Gasteiger partial charge on any atom is 0.426 e. The van der Waals surface area contributed by atoms with Crippen LogP contribution in [0.1, 0.15) is 23.7 Å². The number of nitrogens with one attached hydrogen (secondary N) is 2. The number of carbonyl (C=O) groups is 1. The lowest BCUT2D eigenvalue weighted by molar-refractivity contribution is -0.112. The van der Waals surface area contributed by atoms with Gasteiger partial charge in [-0.25, -0.2) is 14.8 Å². The third kappa shape index (κ3) is 5.45. The lowest BCUT2D eigenvalue weighted by Gasteiger charge is -2.26. The van der Waals surface area contributed by atoms with E-state index in [-0.39, 0.29) is 19.2 Å².